The molecule has 0 spiro atoms. The van der Waals surface area contributed by atoms with Gasteiger partial charge in [0.1, 0.15) is 9.88 Å². The Bertz CT molecular complexity index is 659. The number of aryl methyl sites for hydroxylation is 1. The van der Waals surface area contributed by atoms with E-state index < -0.39 is 0 Å². The predicted molar refractivity (Wildman–Crippen MR) is 115 cm³/mol. The van der Waals surface area contributed by atoms with Gasteiger partial charge >= 0.3 is 5.97 Å². The summed E-state index contributed by atoms with van der Waals surface area (Å²) in [4.78, 5) is 21.7. The first-order valence-electron chi connectivity index (χ1n) is 10.4. The number of guanidine groups is 1. The van der Waals surface area contributed by atoms with Gasteiger partial charge in [-0.2, -0.15) is 0 Å². The topological polar surface area (TPSA) is 94.1 Å². The molecule has 0 saturated carbocycles. The summed E-state index contributed by atoms with van der Waals surface area (Å²) >= 11 is 1.36. The lowest BCUT2D eigenvalue weighted by atomic mass is 10.2. The summed E-state index contributed by atoms with van der Waals surface area (Å²) in [5, 5.41) is 7.43. The van der Waals surface area contributed by atoms with Crippen LogP contribution in [-0.4, -0.2) is 62.5 Å². The third-order valence-electron chi connectivity index (χ3n) is 4.39. The second kappa shape index (κ2) is 12.8. The highest BCUT2D eigenvalue weighted by Gasteiger charge is 2.20. The molecule has 164 valence electrons. The van der Waals surface area contributed by atoms with Crippen molar-refractivity contribution in [2.24, 2.45) is 4.99 Å². The van der Waals surface area contributed by atoms with Gasteiger partial charge in [-0.3, -0.25) is 4.99 Å². The number of esters is 1. The molecule has 0 radical (unpaired) electrons. The fourth-order valence-electron chi connectivity index (χ4n) is 2.92. The van der Waals surface area contributed by atoms with E-state index in [1.807, 2.05) is 20.8 Å². The van der Waals surface area contributed by atoms with Crippen LogP contribution in [0.4, 0.5) is 0 Å². The first-order chi connectivity index (χ1) is 14.0. The molecule has 9 heteroatoms. The van der Waals surface area contributed by atoms with Crippen LogP contribution in [0, 0.1) is 6.92 Å². The van der Waals surface area contributed by atoms with Gasteiger partial charge in [0.15, 0.2) is 5.96 Å². The summed E-state index contributed by atoms with van der Waals surface area (Å²) in [5.41, 5.74) is 0.697. The Morgan fingerprint density at radius 1 is 1.45 bits per heavy atom. The first kappa shape index (κ1) is 23.6. The standard InChI is InChI=1S/C20H34N4O4S/c1-5-21-20(22-10-8-11-26-13-16-9-7-12-28-16)24-15(4)18-23-14(3)17(29-18)19(25)27-6-2/h15-16H,5-13H2,1-4H3,(H2,21,22,24). The van der Waals surface area contributed by atoms with Crippen molar-refractivity contribution in [3.63, 3.8) is 0 Å². The average molecular weight is 427 g/mol. The lowest BCUT2D eigenvalue weighted by Gasteiger charge is -2.16. The van der Waals surface area contributed by atoms with Crippen LogP contribution in [0.15, 0.2) is 4.99 Å². The van der Waals surface area contributed by atoms with Gasteiger partial charge in [-0.05, 0) is 47.0 Å². The van der Waals surface area contributed by atoms with E-state index in [1.54, 1.807) is 6.92 Å². The van der Waals surface area contributed by atoms with E-state index in [9.17, 15) is 4.79 Å². The molecule has 1 saturated heterocycles. The van der Waals surface area contributed by atoms with Crippen LogP contribution in [0.25, 0.3) is 0 Å². The zero-order chi connectivity index (χ0) is 21.1. The molecule has 1 aromatic rings. The fourth-order valence-corrected chi connectivity index (χ4v) is 3.89. The maximum absolute atomic E-state index is 12.0. The molecule has 29 heavy (non-hydrogen) atoms. The number of aliphatic imine (C=N–C) groups is 1. The van der Waals surface area contributed by atoms with E-state index in [0.717, 1.165) is 43.4 Å². The Kier molecular flexibility index (Phi) is 10.4. The number of rotatable bonds is 11. The van der Waals surface area contributed by atoms with Crippen LogP contribution >= 0.6 is 11.3 Å². The molecule has 1 fully saturated rings. The van der Waals surface area contributed by atoms with E-state index >= 15 is 0 Å². The largest absolute Gasteiger partial charge is 0.462 e. The number of ether oxygens (including phenoxy) is 3. The van der Waals surface area contributed by atoms with E-state index in [4.69, 9.17) is 14.2 Å². The van der Waals surface area contributed by atoms with Crippen molar-refractivity contribution in [2.45, 2.75) is 59.1 Å². The minimum Gasteiger partial charge on any atom is -0.462 e. The summed E-state index contributed by atoms with van der Waals surface area (Å²) < 4.78 is 16.3. The maximum atomic E-state index is 12.0. The number of aromatic nitrogens is 1. The Hall–Kier alpha value is -1.71. The number of hydrogen-bond acceptors (Lipinski definition) is 7. The number of carbonyl (C=O) groups is 1. The minimum absolute atomic E-state index is 0.0737. The van der Waals surface area contributed by atoms with Crippen molar-refractivity contribution in [3.8, 4) is 0 Å². The second-order valence-corrected chi connectivity index (χ2v) is 7.91. The predicted octanol–water partition coefficient (Wildman–Crippen LogP) is 2.83. The highest BCUT2D eigenvalue weighted by Crippen LogP contribution is 2.24. The van der Waals surface area contributed by atoms with Crippen molar-refractivity contribution in [3.05, 3.63) is 15.6 Å². The fraction of sp³-hybridized carbons (Fsp3) is 0.750. The number of nitrogens with zero attached hydrogens (tertiary/aromatic N) is 2. The first-order valence-corrected chi connectivity index (χ1v) is 11.2. The van der Waals surface area contributed by atoms with Gasteiger partial charge in [0.2, 0.25) is 0 Å². The smallest absolute Gasteiger partial charge is 0.350 e. The molecule has 1 aliphatic heterocycles. The quantitative estimate of drug-likeness (QED) is 0.243. The zero-order valence-electron chi connectivity index (χ0n) is 18.0. The molecule has 2 rings (SSSR count). The van der Waals surface area contributed by atoms with Crippen LogP contribution in [-0.2, 0) is 14.2 Å². The molecule has 2 atom stereocenters. The Balaban J connectivity index is 1.81. The summed E-state index contributed by atoms with van der Waals surface area (Å²) in [7, 11) is 0. The van der Waals surface area contributed by atoms with Crippen LogP contribution in [0.2, 0.25) is 0 Å². The molecule has 0 amide bonds. The van der Waals surface area contributed by atoms with Gasteiger partial charge in [0.05, 0.1) is 31.1 Å². The van der Waals surface area contributed by atoms with E-state index in [-0.39, 0.29) is 18.1 Å². The van der Waals surface area contributed by atoms with Gasteiger partial charge in [-0.15, -0.1) is 11.3 Å². The van der Waals surface area contributed by atoms with Crippen molar-refractivity contribution in [1.29, 1.82) is 0 Å². The summed E-state index contributed by atoms with van der Waals surface area (Å²) in [5.74, 6) is 0.411. The van der Waals surface area contributed by atoms with Gasteiger partial charge in [0.25, 0.3) is 0 Å². The lowest BCUT2D eigenvalue weighted by molar-refractivity contribution is 0.0171. The van der Waals surface area contributed by atoms with Crippen LogP contribution in [0.5, 0.6) is 0 Å². The van der Waals surface area contributed by atoms with E-state index in [2.05, 4.69) is 20.6 Å². The normalized spacial score (nSPS) is 17.9. The van der Waals surface area contributed by atoms with Gasteiger partial charge in [-0.1, -0.05) is 0 Å². The Labute approximate surface area is 177 Å². The molecular weight excluding hydrogens is 392 g/mol. The number of carbonyl (C=O) groups excluding carboxylic acids is 1. The highest BCUT2D eigenvalue weighted by molar-refractivity contribution is 7.13. The van der Waals surface area contributed by atoms with Gasteiger partial charge < -0.3 is 24.8 Å². The van der Waals surface area contributed by atoms with Gasteiger partial charge in [0, 0.05) is 26.3 Å². The molecule has 1 aliphatic rings. The van der Waals surface area contributed by atoms with Crippen LogP contribution in [0.1, 0.15) is 66.4 Å². The maximum Gasteiger partial charge on any atom is 0.350 e. The molecule has 0 aromatic carbocycles. The second-order valence-electron chi connectivity index (χ2n) is 6.88. The number of hydrogen-bond donors (Lipinski definition) is 2. The molecule has 1 aromatic heterocycles. The molecule has 2 N–H and O–H groups in total. The summed E-state index contributed by atoms with van der Waals surface area (Å²) in [6, 6.07) is -0.0737. The zero-order valence-corrected chi connectivity index (χ0v) is 18.8. The Morgan fingerprint density at radius 3 is 2.97 bits per heavy atom. The summed E-state index contributed by atoms with van der Waals surface area (Å²) in [6.45, 7) is 11.6. The third-order valence-corrected chi connectivity index (χ3v) is 5.71. The average Bonchev–Trinajstić information content (AvgIpc) is 3.34. The highest BCUT2D eigenvalue weighted by atomic mass is 32.1. The van der Waals surface area contributed by atoms with Crippen molar-refractivity contribution < 1.29 is 19.0 Å². The number of thiazole rings is 1. The Morgan fingerprint density at radius 2 is 2.28 bits per heavy atom. The van der Waals surface area contributed by atoms with Crippen molar-refractivity contribution >= 4 is 23.3 Å². The molecule has 8 nitrogen and oxygen atoms in total. The summed E-state index contributed by atoms with van der Waals surface area (Å²) in [6.07, 6.45) is 3.34. The molecular formula is C20H34N4O4S. The third kappa shape index (κ3) is 7.91. The molecule has 0 aliphatic carbocycles. The van der Waals surface area contributed by atoms with Crippen LogP contribution in [0.3, 0.4) is 0 Å². The monoisotopic (exact) mass is 426 g/mol. The van der Waals surface area contributed by atoms with E-state index in [0.29, 0.717) is 36.9 Å². The van der Waals surface area contributed by atoms with E-state index in [1.165, 1.54) is 11.3 Å². The molecule has 0 bridgehead atoms. The molecule has 2 heterocycles. The van der Waals surface area contributed by atoms with Crippen molar-refractivity contribution in [1.82, 2.24) is 15.6 Å². The van der Waals surface area contributed by atoms with Crippen LogP contribution < -0.4 is 10.6 Å². The molecule has 2 unspecified atom stereocenters. The van der Waals surface area contributed by atoms with Gasteiger partial charge in [-0.25, -0.2) is 9.78 Å². The van der Waals surface area contributed by atoms with Crippen molar-refractivity contribution in [2.75, 3.05) is 39.5 Å². The lowest BCUT2D eigenvalue weighted by Crippen LogP contribution is -2.38. The SMILES string of the molecule is CCNC(=NCCCOCC1CCCO1)NC(C)c1nc(C)c(C(=O)OCC)s1. The minimum atomic E-state index is -0.315. The number of nitrogens with one attached hydrogen (secondary N) is 2.